The Balaban J connectivity index is 4.71. The molecule has 0 bridgehead atoms. The average Bonchev–Trinajstić information content (AvgIpc) is 2.19. The molecule has 0 aliphatic rings. The molecule has 2 unspecified atom stereocenters. The van der Waals surface area contributed by atoms with Gasteiger partial charge in [0.05, 0.1) is 5.60 Å². The average molecular weight is 277 g/mol. The van der Waals surface area contributed by atoms with Crippen LogP contribution in [0.25, 0.3) is 0 Å². The zero-order valence-corrected chi connectivity index (χ0v) is 11.0. The minimum absolute atomic E-state index is 0.234. The van der Waals surface area contributed by atoms with Gasteiger partial charge in [-0.05, 0) is 27.2 Å². The molecule has 0 spiro atoms. The Morgan fingerprint density at radius 2 is 1.63 bits per heavy atom. The molecule has 0 aromatic heterocycles. The third kappa shape index (κ3) is 8.11. The van der Waals surface area contributed by atoms with Crippen molar-refractivity contribution in [3.05, 3.63) is 0 Å². The Bertz CT molecular complexity index is 347. The first-order chi connectivity index (χ1) is 8.53. The van der Waals surface area contributed by atoms with E-state index in [0.717, 1.165) is 0 Å². The third-order valence-electron chi connectivity index (χ3n) is 1.99. The van der Waals surface area contributed by atoms with Gasteiger partial charge in [0, 0.05) is 6.42 Å². The van der Waals surface area contributed by atoms with E-state index in [2.05, 4.69) is 5.32 Å². The summed E-state index contributed by atoms with van der Waals surface area (Å²) in [5.74, 6) is -3.85. The Kier molecular flexibility index (Phi) is 6.43. The molecular weight excluding hydrogens is 258 g/mol. The van der Waals surface area contributed by atoms with E-state index in [1.54, 1.807) is 20.8 Å². The van der Waals surface area contributed by atoms with Crippen LogP contribution in [-0.4, -0.2) is 51.1 Å². The van der Waals surface area contributed by atoms with Crippen LogP contribution in [0.4, 0.5) is 0 Å². The lowest BCUT2D eigenvalue weighted by molar-refractivity contribution is -0.166. The second-order valence-corrected chi connectivity index (χ2v) is 4.94. The summed E-state index contributed by atoms with van der Waals surface area (Å²) < 4.78 is 5.17. The van der Waals surface area contributed by atoms with Gasteiger partial charge in [-0.1, -0.05) is 0 Å². The van der Waals surface area contributed by atoms with Gasteiger partial charge in [0.2, 0.25) is 6.23 Å². The zero-order chi connectivity index (χ0) is 15.2. The van der Waals surface area contributed by atoms with E-state index < -0.39 is 35.8 Å². The summed E-state index contributed by atoms with van der Waals surface area (Å²) in [7, 11) is 0. The Hall–Kier alpha value is -1.67. The topological polar surface area (TPSA) is 133 Å². The first-order valence-corrected chi connectivity index (χ1v) is 5.64. The lowest BCUT2D eigenvalue weighted by Gasteiger charge is -2.27. The summed E-state index contributed by atoms with van der Waals surface area (Å²) in [6, 6.07) is -1.31. The predicted molar refractivity (Wildman–Crippen MR) is 63.7 cm³/mol. The summed E-state index contributed by atoms with van der Waals surface area (Å²) in [4.78, 5) is 32.3. The Labute approximate surface area is 110 Å². The number of ether oxygens (including phenoxy) is 1. The van der Waals surface area contributed by atoms with Gasteiger partial charge in [0.1, 0.15) is 6.04 Å². The van der Waals surface area contributed by atoms with Crippen molar-refractivity contribution in [2.75, 3.05) is 0 Å². The highest BCUT2D eigenvalue weighted by Gasteiger charge is 2.30. The van der Waals surface area contributed by atoms with Crippen LogP contribution in [0.2, 0.25) is 0 Å². The highest BCUT2D eigenvalue weighted by Crippen LogP contribution is 2.11. The van der Waals surface area contributed by atoms with E-state index >= 15 is 0 Å². The van der Waals surface area contributed by atoms with E-state index in [1.807, 2.05) is 0 Å². The number of aliphatic carboxylic acids is 3. The standard InChI is InChI=1S/C11H19NO7/c1-11(2,3)19-8(10(17)18)12-6(9(15)16)4-5-7(13)14/h6,8,12H,4-5H2,1-3H3,(H,13,14)(H,15,16)(H,17,18). The Morgan fingerprint density at radius 3 is 1.95 bits per heavy atom. The lowest BCUT2D eigenvalue weighted by atomic mass is 10.1. The molecule has 0 heterocycles. The van der Waals surface area contributed by atoms with Crippen LogP contribution in [-0.2, 0) is 19.1 Å². The molecule has 2 atom stereocenters. The highest BCUT2D eigenvalue weighted by atomic mass is 16.5. The molecule has 0 saturated heterocycles. The molecule has 8 heteroatoms. The minimum Gasteiger partial charge on any atom is -0.481 e. The van der Waals surface area contributed by atoms with Crippen molar-refractivity contribution in [3.8, 4) is 0 Å². The van der Waals surface area contributed by atoms with Gasteiger partial charge in [-0.2, -0.15) is 0 Å². The SMILES string of the molecule is CC(C)(C)OC(NC(CCC(=O)O)C(=O)O)C(=O)O. The molecule has 0 aromatic carbocycles. The monoisotopic (exact) mass is 277 g/mol. The van der Waals surface area contributed by atoms with Crippen molar-refractivity contribution in [1.29, 1.82) is 0 Å². The molecular formula is C11H19NO7. The number of carboxylic acid groups (broad SMARTS) is 3. The van der Waals surface area contributed by atoms with Crippen LogP contribution >= 0.6 is 0 Å². The summed E-state index contributed by atoms with van der Waals surface area (Å²) in [6.45, 7) is 4.87. The molecule has 0 amide bonds. The fraction of sp³-hybridized carbons (Fsp3) is 0.727. The predicted octanol–water partition coefficient (Wildman–Crippen LogP) is 0.120. The van der Waals surface area contributed by atoms with Gasteiger partial charge in [0.25, 0.3) is 0 Å². The number of rotatable bonds is 8. The summed E-state index contributed by atoms with van der Waals surface area (Å²) >= 11 is 0. The molecule has 0 aromatic rings. The van der Waals surface area contributed by atoms with E-state index in [-0.39, 0.29) is 12.8 Å². The number of carboxylic acids is 3. The molecule has 19 heavy (non-hydrogen) atoms. The molecule has 0 fully saturated rings. The van der Waals surface area contributed by atoms with Crippen LogP contribution in [0.3, 0.4) is 0 Å². The lowest BCUT2D eigenvalue weighted by Crippen LogP contribution is -2.51. The van der Waals surface area contributed by atoms with Crippen LogP contribution < -0.4 is 5.32 Å². The second kappa shape index (κ2) is 7.05. The summed E-state index contributed by atoms with van der Waals surface area (Å²) in [5, 5.41) is 28.6. The minimum atomic E-state index is -1.52. The quantitative estimate of drug-likeness (QED) is 0.460. The highest BCUT2D eigenvalue weighted by molar-refractivity contribution is 5.77. The first-order valence-electron chi connectivity index (χ1n) is 5.64. The molecule has 8 nitrogen and oxygen atoms in total. The van der Waals surface area contributed by atoms with Crippen molar-refractivity contribution in [3.63, 3.8) is 0 Å². The smallest absolute Gasteiger partial charge is 0.348 e. The number of nitrogens with one attached hydrogen (secondary N) is 1. The maximum Gasteiger partial charge on any atom is 0.348 e. The van der Waals surface area contributed by atoms with Gasteiger partial charge >= 0.3 is 17.9 Å². The van der Waals surface area contributed by atoms with Gasteiger partial charge in [-0.3, -0.25) is 14.9 Å². The summed E-state index contributed by atoms with van der Waals surface area (Å²) in [5.41, 5.74) is -0.786. The van der Waals surface area contributed by atoms with Crippen LogP contribution in [0, 0.1) is 0 Å². The van der Waals surface area contributed by atoms with E-state index in [9.17, 15) is 14.4 Å². The largest absolute Gasteiger partial charge is 0.481 e. The third-order valence-corrected chi connectivity index (χ3v) is 1.99. The van der Waals surface area contributed by atoms with Crippen LogP contribution in [0.15, 0.2) is 0 Å². The maximum absolute atomic E-state index is 11.0. The number of hydrogen-bond acceptors (Lipinski definition) is 5. The van der Waals surface area contributed by atoms with E-state index in [1.165, 1.54) is 0 Å². The first kappa shape index (κ1) is 17.3. The van der Waals surface area contributed by atoms with Crippen molar-refractivity contribution < 1.29 is 34.4 Å². The fourth-order valence-corrected chi connectivity index (χ4v) is 1.24. The van der Waals surface area contributed by atoms with Crippen molar-refractivity contribution in [2.45, 2.75) is 51.5 Å². The van der Waals surface area contributed by atoms with Crippen molar-refractivity contribution in [1.82, 2.24) is 5.32 Å². The molecule has 0 rings (SSSR count). The second-order valence-electron chi connectivity index (χ2n) is 4.94. The zero-order valence-electron chi connectivity index (χ0n) is 11.0. The fourth-order valence-electron chi connectivity index (χ4n) is 1.24. The van der Waals surface area contributed by atoms with Crippen LogP contribution in [0.5, 0.6) is 0 Å². The normalized spacial score (nSPS) is 14.7. The van der Waals surface area contributed by atoms with Gasteiger partial charge in [-0.15, -0.1) is 0 Å². The van der Waals surface area contributed by atoms with Gasteiger partial charge < -0.3 is 20.1 Å². The number of carbonyl (C=O) groups is 3. The van der Waals surface area contributed by atoms with Crippen molar-refractivity contribution in [2.24, 2.45) is 0 Å². The molecule has 0 saturated carbocycles. The van der Waals surface area contributed by atoms with E-state index in [0.29, 0.717) is 0 Å². The molecule has 0 radical (unpaired) electrons. The Morgan fingerprint density at radius 1 is 1.11 bits per heavy atom. The van der Waals surface area contributed by atoms with Gasteiger partial charge in [0.15, 0.2) is 0 Å². The summed E-state index contributed by atoms with van der Waals surface area (Å²) in [6.07, 6.45) is -2.14. The van der Waals surface area contributed by atoms with E-state index in [4.69, 9.17) is 20.1 Å². The number of hydrogen-bond donors (Lipinski definition) is 4. The van der Waals surface area contributed by atoms with Crippen LogP contribution in [0.1, 0.15) is 33.6 Å². The van der Waals surface area contributed by atoms with Crippen molar-refractivity contribution >= 4 is 17.9 Å². The molecule has 0 aliphatic heterocycles. The maximum atomic E-state index is 11.0. The molecule has 0 aliphatic carbocycles. The van der Waals surface area contributed by atoms with Gasteiger partial charge in [-0.25, -0.2) is 4.79 Å². The molecule has 4 N–H and O–H groups in total. The molecule has 110 valence electrons.